The van der Waals surface area contributed by atoms with Gasteiger partial charge in [-0.25, -0.2) is 0 Å². The maximum atomic E-state index is 5.36. The molecule has 0 amide bonds. The standard InChI is InChI=1S/C19H31NO/c1-7-11-20-16(17-18(2,3)19(17,4)5)13-14-9-8-10-15(12-14)21-6/h8-10,12,16-17,20H,7,11,13H2,1-6H3. The van der Waals surface area contributed by atoms with Crippen molar-refractivity contribution < 1.29 is 4.74 Å². The fraction of sp³-hybridized carbons (Fsp3) is 0.684. The third-order valence-corrected chi connectivity index (χ3v) is 5.78. The van der Waals surface area contributed by atoms with Crippen LogP contribution in [0.4, 0.5) is 0 Å². The lowest BCUT2D eigenvalue weighted by Gasteiger charge is -2.21. The van der Waals surface area contributed by atoms with Gasteiger partial charge in [0.25, 0.3) is 0 Å². The number of benzene rings is 1. The molecule has 1 aromatic carbocycles. The van der Waals surface area contributed by atoms with E-state index in [0.717, 1.165) is 24.6 Å². The normalized spacial score (nSPS) is 21.0. The summed E-state index contributed by atoms with van der Waals surface area (Å²) in [5.41, 5.74) is 2.19. The molecule has 2 rings (SSSR count). The Labute approximate surface area is 130 Å². The lowest BCUT2D eigenvalue weighted by atomic mass is 9.96. The summed E-state index contributed by atoms with van der Waals surface area (Å²) >= 11 is 0. The van der Waals surface area contributed by atoms with Crippen LogP contribution in [0.2, 0.25) is 0 Å². The Morgan fingerprint density at radius 1 is 1.19 bits per heavy atom. The van der Waals surface area contributed by atoms with E-state index in [0.29, 0.717) is 16.9 Å². The molecular weight excluding hydrogens is 258 g/mol. The average molecular weight is 289 g/mol. The van der Waals surface area contributed by atoms with Crippen molar-refractivity contribution in [3.63, 3.8) is 0 Å². The van der Waals surface area contributed by atoms with Gasteiger partial charge in [-0.05, 0) is 53.8 Å². The van der Waals surface area contributed by atoms with Crippen LogP contribution in [0.1, 0.15) is 46.6 Å². The highest BCUT2D eigenvalue weighted by molar-refractivity contribution is 5.30. The van der Waals surface area contributed by atoms with Crippen LogP contribution < -0.4 is 10.1 Å². The minimum Gasteiger partial charge on any atom is -0.497 e. The minimum atomic E-state index is 0.414. The predicted octanol–water partition coefficient (Wildman–Crippen LogP) is 4.29. The van der Waals surface area contributed by atoms with Crippen LogP contribution in [0.15, 0.2) is 24.3 Å². The molecule has 21 heavy (non-hydrogen) atoms. The fourth-order valence-corrected chi connectivity index (χ4v) is 3.94. The number of methoxy groups -OCH3 is 1. The van der Waals surface area contributed by atoms with Gasteiger partial charge in [0, 0.05) is 6.04 Å². The molecular formula is C19H31NO. The first-order chi connectivity index (χ1) is 9.84. The molecule has 1 fully saturated rings. The first-order valence-electron chi connectivity index (χ1n) is 8.21. The topological polar surface area (TPSA) is 21.3 Å². The Balaban J connectivity index is 2.14. The lowest BCUT2D eigenvalue weighted by Crippen LogP contribution is -2.36. The van der Waals surface area contributed by atoms with Gasteiger partial charge in [0.2, 0.25) is 0 Å². The smallest absolute Gasteiger partial charge is 0.119 e. The molecule has 0 heterocycles. The lowest BCUT2D eigenvalue weighted by molar-refractivity contribution is 0.393. The molecule has 0 aromatic heterocycles. The van der Waals surface area contributed by atoms with Crippen LogP contribution in [-0.2, 0) is 6.42 Å². The van der Waals surface area contributed by atoms with Crippen molar-refractivity contribution in [1.82, 2.24) is 5.32 Å². The zero-order valence-corrected chi connectivity index (χ0v) is 14.5. The summed E-state index contributed by atoms with van der Waals surface area (Å²) in [4.78, 5) is 0. The van der Waals surface area contributed by atoms with Crippen LogP contribution in [0.5, 0.6) is 5.75 Å². The van der Waals surface area contributed by atoms with E-state index in [1.165, 1.54) is 12.0 Å². The molecule has 1 atom stereocenters. The van der Waals surface area contributed by atoms with E-state index < -0.39 is 0 Å². The van der Waals surface area contributed by atoms with Gasteiger partial charge in [-0.3, -0.25) is 0 Å². The van der Waals surface area contributed by atoms with E-state index in [1.54, 1.807) is 7.11 Å². The van der Waals surface area contributed by atoms with Crippen molar-refractivity contribution in [2.45, 2.75) is 53.5 Å². The molecule has 0 aliphatic heterocycles. The van der Waals surface area contributed by atoms with E-state index in [9.17, 15) is 0 Å². The van der Waals surface area contributed by atoms with E-state index in [-0.39, 0.29) is 0 Å². The molecule has 2 nitrogen and oxygen atoms in total. The monoisotopic (exact) mass is 289 g/mol. The van der Waals surface area contributed by atoms with Crippen molar-refractivity contribution >= 4 is 0 Å². The third kappa shape index (κ3) is 3.11. The Hall–Kier alpha value is -1.02. The van der Waals surface area contributed by atoms with Crippen LogP contribution in [0, 0.1) is 16.7 Å². The molecule has 1 unspecified atom stereocenters. The van der Waals surface area contributed by atoms with Gasteiger partial charge < -0.3 is 10.1 Å². The van der Waals surface area contributed by atoms with Gasteiger partial charge in [-0.15, -0.1) is 0 Å². The second-order valence-electron chi connectivity index (χ2n) is 7.54. The second kappa shape index (κ2) is 6.00. The SMILES string of the molecule is CCCNC(Cc1cccc(OC)c1)C1C(C)(C)C1(C)C. The Morgan fingerprint density at radius 2 is 1.86 bits per heavy atom. The third-order valence-electron chi connectivity index (χ3n) is 5.78. The molecule has 1 saturated carbocycles. The zero-order chi connectivity index (χ0) is 15.7. The Bertz CT molecular complexity index is 464. The van der Waals surface area contributed by atoms with Crippen LogP contribution in [0.3, 0.4) is 0 Å². The Morgan fingerprint density at radius 3 is 2.38 bits per heavy atom. The number of hydrogen-bond acceptors (Lipinski definition) is 2. The highest BCUT2D eigenvalue weighted by atomic mass is 16.5. The van der Waals surface area contributed by atoms with Gasteiger partial charge in [-0.1, -0.05) is 46.8 Å². The molecule has 1 aliphatic carbocycles. The first-order valence-corrected chi connectivity index (χ1v) is 8.21. The highest BCUT2D eigenvalue weighted by Gasteiger charge is 2.66. The molecule has 118 valence electrons. The molecule has 1 N–H and O–H groups in total. The van der Waals surface area contributed by atoms with E-state index >= 15 is 0 Å². The summed E-state index contributed by atoms with van der Waals surface area (Å²) in [5.74, 6) is 1.68. The zero-order valence-electron chi connectivity index (χ0n) is 14.5. The van der Waals surface area contributed by atoms with Gasteiger partial charge in [0.1, 0.15) is 5.75 Å². The molecule has 1 aliphatic rings. The largest absolute Gasteiger partial charge is 0.497 e. The number of hydrogen-bond donors (Lipinski definition) is 1. The van der Waals surface area contributed by atoms with Gasteiger partial charge in [0.05, 0.1) is 7.11 Å². The summed E-state index contributed by atoms with van der Waals surface area (Å²) in [6.45, 7) is 13.0. The molecule has 2 heteroatoms. The van der Waals surface area contributed by atoms with Crippen molar-refractivity contribution in [1.29, 1.82) is 0 Å². The summed E-state index contributed by atoms with van der Waals surface area (Å²) in [7, 11) is 1.74. The highest BCUT2D eigenvalue weighted by Crippen LogP contribution is 2.69. The van der Waals surface area contributed by atoms with Crippen LogP contribution in [-0.4, -0.2) is 19.7 Å². The van der Waals surface area contributed by atoms with Crippen molar-refractivity contribution in [2.24, 2.45) is 16.7 Å². The summed E-state index contributed by atoms with van der Waals surface area (Å²) in [6, 6.07) is 9.04. The average Bonchev–Trinajstić information content (AvgIpc) is 2.85. The van der Waals surface area contributed by atoms with E-state index in [2.05, 4.69) is 58.1 Å². The van der Waals surface area contributed by atoms with Crippen molar-refractivity contribution in [3.05, 3.63) is 29.8 Å². The maximum Gasteiger partial charge on any atom is 0.119 e. The molecule has 1 aromatic rings. The van der Waals surface area contributed by atoms with Crippen LogP contribution >= 0.6 is 0 Å². The molecule has 0 bridgehead atoms. The first kappa shape index (κ1) is 16.4. The molecule has 0 saturated heterocycles. The number of nitrogens with one attached hydrogen (secondary N) is 1. The summed E-state index contributed by atoms with van der Waals surface area (Å²) in [6.07, 6.45) is 2.26. The quantitative estimate of drug-likeness (QED) is 0.808. The van der Waals surface area contributed by atoms with Crippen molar-refractivity contribution in [3.8, 4) is 5.75 Å². The van der Waals surface area contributed by atoms with Gasteiger partial charge in [0.15, 0.2) is 0 Å². The van der Waals surface area contributed by atoms with Gasteiger partial charge >= 0.3 is 0 Å². The minimum absolute atomic E-state index is 0.414. The van der Waals surface area contributed by atoms with Gasteiger partial charge in [-0.2, -0.15) is 0 Å². The fourth-order valence-electron chi connectivity index (χ4n) is 3.94. The summed E-state index contributed by atoms with van der Waals surface area (Å²) < 4.78 is 5.36. The predicted molar refractivity (Wildman–Crippen MR) is 89.8 cm³/mol. The van der Waals surface area contributed by atoms with Crippen molar-refractivity contribution in [2.75, 3.05) is 13.7 Å². The molecule has 0 radical (unpaired) electrons. The van der Waals surface area contributed by atoms with Crippen LogP contribution in [0.25, 0.3) is 0 Å². The summed E-state index contributed by atoms with van der Waals surface area (Å²) in [5, 5.41) is 3.79. The second-order valence-corrected chi connectivity index (χ2v) is 7.54. The molecule has 0 spiro atoms. The maximum absolute atomic E-state index is 5.36. The number of rotatable bonds is 7. The van der Waals surface area contributed by atoms with E-state index in [1.807, 2.05) is 6.07 Å². The number of ether oxygens (including phenoxy) is 1. The van der Waals surface area contributed by atoms with E-state index in [4.69, 9.17) is 4.74 Å². The Kier molecular flexibility index (Phi) is 4.67.